The van der Waals surface area contributed by atoms with Crippen molar-refractivity contribution in [3.05, 3.63) is 95.6 Å². The Labute approximate surface area is 198 Å². The third-order valence-corrected chi connectivity index (χ3v) is 11.6. The normalized spacial score (nSPS) is 37.1. The van der Waals surface area contributed by atoms with Gasteiger partial charge >= 0.3 is 0 Å². The number of hydrogen-bond acceptors (Lipinski definition) is 3. The minimum Gasteiger partial charge on any atom is -0.297 e. The van der Waals surface area contributed by atoms with Gasteiger partial charge in [-0.2, -0.15) is 0 Å². The lowest BCUT2D eigenvalue weighted by molar-refractivity contribution is 0.0687. The van der Waals surface area contributed by atoms with E-state index < -0.39 is 20.5 Å². The molecule has 2 heterocycles. The Morgan fingerprint density at radius 3 is 2.42 bits per heavy atom. The van der Waals surface area contributed by atoms with Gasteiger partial charge < -0.3 is 0 Å². The van der Waals surface area contributed by atoms with Crippen molar-refractivity contribution in [1.29, 1.82) is 0 Å². The van der Waals surface area contributed by atoms with Crippen LogP contribution < -0.4 is 0 Å². The van der Waals surface area contributed by atoms with Gasteiger partial charge in [0.2, 0.25) is 0 Å². The number of piperidine rings is 1. The minimum atomic E-state index is -3.36. The molecule has 0 aromatic heterocycles. The molecular formula is C29H33NO2S. The summed E-state index contributed by atoms with van der Waals surface area (Å²) in [5.74, 6) is 0.355. The van der Waals surface area contributed by atoms with Gasteiger partial charge in [-0.1, -0.05) is 92.2 Å². The molecule has 2 aliphatic heterocycles. The number of sulfone groups is 1. The van der Waals surface area contributed by atoms with Gasteiger partial charge in [-0.3, -0.25) is 4.90 Å². The highest BCUT2D eigenvalue weighted by atomic mass is 32.2. The lowest BCUT2D eigenvalue weighted by Gasteiger charge is -2.62. The second kappa shape index (κ2) is 7.95. The first-order valence-corrected chi connectivity index (χ1v) is 14.1. The number of likely N-dealkylation sites (tertiary alicyclic amines) is 1. The number of rotatable bonds is 3. The van der Waals surface area contributed by atoms with E-state index in [9.17, 15) is 8.42 Å². The highest BCUT2D eigenvalue weighted by Crippen LogP contribution is 2.63. The monoisotopic (exact) mass is 459 g/mol. The molecule has 0 N–H and O–H groups in total. The summed E-state index contributed by atoms with van der Waals surface area (Å²) in [6.45, 7) is 4.28. The molecule has 6 atom stereocenters. The summed E-state index contributed by atoms with van der Waals surface area (Å²) in [6.07, 6.45) is 13.3. The molecule has 0 bridgehead atoms. The summed E-state index contributed by atoms with van der Waals surface area (Å²) >= 11 is 0. The van der Waals surface area contributed by atoms with Gasteiger partial charge in [0, 0.05) is 11.5 Å². The maximum Gasteiger partial charge on any atom is 0.164 e. The average Bonchev–Trinajstić information content (AvgIpc) is 2.85. The number of hydrogen-bond donors (Lipinski definition) is 0. The van der Waals surface area contributed by atoms with Gasteiger partial charge in [-0.05, 0) is 60.9 Å². The third-order valence-electron chi connectivity index (χ3n) is 8.95. The minimum absolute atomic E-state index is 0.0315. The SMILES string of the molecule is C[C@@H]1c2ccccc2CC2C=CC=CC21C1C(N2CCCCC2)C(c2ccccc2)S1(=O)=O. The second-order valence-electron chi connectivity index (χ2n) is 10.4. The second-order valence-corrected chi connectivity index (χ2v) is 12.6. The zero-order chi connectivity index (χ0) is 22.6. The highest BCUT2D eigenvalue weighted by Gasteiger charge is 2.68. The molecule has 0 saturated carbocycles. The molecule has 172 valence electrons. The van der Waals surface area contributed by atoms with Crippen LogP contribution >= 0.6 is 0 Å². The highest BCUT2D eigenvalue weighted by molar-refractivity contribution is 7.94. The molecule has 0 spiro atoms. The van der Waals surface area contributed by atoms with Crippen molar-refractivity contribution in [3.8, 4) is 0 Å². The molecule has 2 aromatic carbocycles. The topological polar surface area (TPSA) is 37.4 Å². The summed E-state index contributed by atoms with van der Waals surface area (Å²) in [7, 11) is -3.36. The molecule has 3 nitrogen and oxygen atoms in total. The fraction of sp³-hybridized carbons (Fsp3) is 0.448. The van der Waals surface area contributed by atoms with Crippen LogP contribution in [-0.4, -0.2) is 37.7 Å². The van der Waals surface area contributed by atoms with Crippen LogP contribution in [0.5, 0.6) is 0 Å². The van der Waals surface area contributed by atoms with Crippen LogP contribution in [0.2, 0.25) is 0 Å². The van der Waals surface area contributed by atoms with E-state index in [0.29, 0.717) is 0 Å². The van der Waals surface area contributed by atoms with E-state index in [1.54, 1.807) is 0 Å². The number of nitrogens with zero attached hydrogens (tertiary/aromatic N) is 1. The fourth-order valence-electron chi connectivity index (χ4n) is 7.45. The summed E-state index contributed by atoms with van der Waals surface area (Å²) in [6, 6.07) is 18.7. The Balaban J connectivity index is 1.51. The van der Waals surface area contributed by atoms with Crippen LogP contribution in [0.3, 0.4) is 0 Å². The van der Waals surface area contributed by atoms with E-state index in [-0.39, 0.29) is 23.1 Å². The third kappa shape index (κ3) is 3.06. The molecule has 0 amide bonds. The van der Waals surface area contributed by atoms with Gasteiger partial charge in [0.1, 0.15) is 5.25 Å². The van der Waals surface area contributed by atoms with Crippen LogP contribution in [0.4, 0.5) is 0 Å². The van der Waals surface area contributed by atoms with Crippen molar-refractivity contribution < 1.29 is 8.42 Å². The molecular weight excluding hydrogens is 426 g/mol. The standard InChI is InChI=1S/C29H33NO2S/c1-21-25-16-7-6-14-23(25)20-24-15-8-9-17-29(21,24)28-26(30-18-10-3-11-19-30)27(33(28,31)32)22-12-4-2-5-13-22/h2,4-9,12-17,21,24,26-28H,3,10-11,18-20H2,1H3/t21-,24?,26?,27?,28?,29?/m1/s1. The van der Waals surface area contributed by atoms with Crippen molar-refractivity contribution in [2.75, 3.05) is 13.1 Å². The van der Waals surface area contributed by atoms with Crippen LogP contribution in [0.1, 0.15) is 54.0 Å². The van der Waals surface area contributed by atoms with E-state index in [2.05, 4.69) is 60.4 Å². The van der Waals surface area contributed by atoms with E-state index in [4.69, 9.17) is 0 Å². The van der Waals surface area contributed by atoms with Crippen molar-refractivity contribution in [3.63, 3.8) is 0 Å². The fourth-order valence-corrected chi connectivity index (χ4v) is 10.5. The van der Waals surface area contributed by atoms with Crippen LogP contribution in [0.25, 0.3) is 0 Å². The molecule has 4 aliphatic rings. The zero-order valence-corrected chi connectivity index (χ0v) is 20.1. The van der Waals surface area contributed by atoms with Gasteiger partial charge in [0.25, 0.3) is 0 Å². The zero-order valence-electron chi connectivity index (χ0n) is 19.3. The molecule has 4 heteroatoms. The van der Waals surface area contributed by atoms with E-state index >= 15 is 0 Å². The molecule has 0 radical (unpaired) electrons. The van der Waals surface area contributed by atoms with Crippen molar-refractivity contribution in [1.82, 2.24) is 4.90 Å². The van der Waals surface area contributed by atoms with Crippen LogP contribution in [0, 0.1) is 11.3 Å². The molecule has 6 rings (SSSR count). The van der Waals surface area contributed by atoms with Crippen molar-refractivity contribution in [2.45, 2.75) is 55.1 Å². The Hall–Kier alpha value is -2.17. The Kier molecular flexibility index (Phi) is 5.15. The maximum atomic E-state index is 14.3. The van der Waals surface area contributed by atoms with E-state index in [1.807, 2.05) is 30.3 Å². The number of fused-ring (bicyclic) bond motifs is 2. The Bertz CT molecular complexity index is 1200. The quantitative estimate of drug-likeness (QED) is 0.611. The van der Waals surface area contributed by atoms with E-state index in [0.717, 1.165) is 37.9 Å². The molecule has 2 aliphatic carbocycles. The molecule has 2 aromatic rings. The van der Waals surface area contributed by atoms with Gasteiger partial charge in [0.15, 0.2) is 9.84 Å². The van der Waals surface area contributed by atoms with Crippen LogP contribution in [-0.2, 0) is 16.3 Å². The summed E-state index contributed by atoms with van der Waals surface area (Å²) in [5, 5.41) is -0.816. The summed E-state index contributed by atoms with van der Waals surface area (Å²) < 4.78 is 28.6. The molecule has 2 fully saturated rings. The predicted octanol–water partition coefficient (Wildman–Crippen LogP) is 5.47. The summed E-state index contributed by atoms with van der Waals surface area (Å²) in [5.41, 5.74) is 3.24. The van der Waals surface area contributed by atoms with Crippen molar-refractivity contribution >= 4 is 9.84 Å². The molecule has 2 saturated heterocycles. The molecule has 33 heavy (non-hydrogen) atoms. The maximum absolute atomic E-state index is 14.3. The lowest BCUT2D eigenvalue weighted by Crippen LogP contribution is -2.70. The van der Waals surface area contributed by atoms with E-state index in [1.165, 1.54) is 17.5 Å². The van der Waals surface area contributed by atoms with Crippen LogP contribution in [0.15, 0.2) is 78.9 Å². The summed E-state index contributed by atoms with van der Waals surface area (Å²) in [4.78, 5) is 2.53. The first-order valence-electron chi connectivity index (χ1n) is 12.5. The lowest BCUT2D eigenvalue weighted by atomic mass is 9.54. The number of benzene rings is 2. The van der Waals surface area contributed by atoms with Gasteiger partial charge in [0.05, 0.1) is 5.25 Å². The Morgan fingerprint density at radius 1 is 0.909 bits per heavy atom. The Morgan fingerprint density at radius 2 is 1.64 bits per heavy atom. The van der Waals surface area contributed by atoms with Crippen molar-refractivity contribution in [2.24, 2.45) is 11.3 Å². The number of allylic oxidation sites excluding steroid dienone is 4. The van der Waals surface area contributed by atoms with Gasteiger partial charge in [-0.25, -0.2) is 8.42 Å². The first-order chi connectivity index (χ1) is 16.0. The largest absolute Gasteiger partial charge is 0.297 e. The first kappa shape index (κ1) is 21.4. The predicted molar refractivity (Wildman–Crippen MR) is 134 cm³/mol. The smallest absolute Gasteiger partial charge is 0.164 e. The molecule has 5 unspecified atom stereocenters. The van der Waals surface area contributed by atoms with Gasteiger partial charge in [-0.15, -0.1) is 0 Å². The average molecular weight is 460 g/mol.